The van der Waals surface area contributed by atoms with Gasteiger partial charge in [0.25, 0.3) is 0 Å². The fourth-order valence-corrected chi connectivity index (χ4v) is 1.68. The van der Waals surface area contributed by atoms with E-state index < -0.39 is 0 Å². The zero-order chi connectivity index (χ0) is 13.4. The second-order valence-corrected chi connectivity index (χ2v) is 4.33. The van der Waals surface area contributed by atoms with Crippen molar-refractivity contribution in [3.8, 4) is 5.75 Å². The Balaban J connectivity index is 2.48. The maximum absolute atomic E-state index is 11.7. The predicted octanol–water partition coefficient (Wildman–Crippen LogP) is 2.46. The van der Waals surface area contributed by atoms with Crippen LogP contribution in [-0.4, -0.2) is 19.6 Å². The first kappa shape index (κ1) is 14.5. The van der Waals surface area contributed by atoms with Crippen LogP contribution in [0.5, 0.6) is 5.75 Å². The number of carbonyl (C=O) groups excluding carboxylic acids is 1. The van der Waals surface area contributed by atoms with Gasteiger partial charge in [-0.2, -0.15) is 0 Å². The topological polar surface area (TPSA) is 64.3 Å². The molecule has 3 N–H and O–H groups in total. The minimum absolute atomic E-state index is 0.0448. The summed E-state index contributed by atoms with van der Waals surface area (Å²) < 4.78 is 5.14. The summed E-state index contributed by atoms with van der Waals surface area (Å²) in [6.45, 7) is 2.65. The Hall–Kier alpha value is -1.55. The number of carbonyl (C=O) groups is 1. The first-order valence-corrected chi connectivity index (χ1v) is 6.32. The fourth-order valence-electron chi connectivity index (χ4n) is 1.68. The lowest BCUT2D eigenvalue weighted by molar-refractivity contribution is -0.116. The lowest BCUT2D eigenvalue weighted by Gasteiger charge is -2.10. The van der Waals surface area contributed by atoms with E-state index in [1.54, 1.807) is 7.11 Å². The average Bonchev–Trinajstić information content (AvgIpc) is 2.37. The quantitative estimate of drug-likeness (QED) is 0.731. The summed E-state index contributed by atoms with van der Waals surface area (Å²) in [4.78, 5) is 11.7. The Kier molecular flexibility index (Phi) is 6.22. The third-order valence-corrected chi connectivity index (χ3v) is 2.83. The number of nitrogens with one attached hydrogen (secondary N) is 1. The van der Waals surface area contributed by atoms with Gasteiger partial charge in [0.2, 0.25) is 5.91 Å². The van der Waals surface area contributed by atoms with E-state index in [0.717, 1.165) is 36.3 Å². The summed E-state index contributed by atoms with van der Waals surface area (Å²) in [7, 11) is 1.61. The number of amides is 1. The molecule has 0 aliphatic carbocycles. The van der Waals surface area contributed by atoms with Crippen molar-refractivity contribution in [2.45, 2.75) is 32.6 Å². The van der Waals surface area contributed by atoms with Crippen molar-refractivity contribution in [3.63, 3.8) is 0 Å². The summed E-state index contributed by atoms with van der Waals surface area (Å²) >= 11 is 0. The van der Waals surface area contributed by atoms with Crippen LogP contribution in [0.15, 0.2) is 18.2 Å². The molecule has 0 spiro atoms. The maximum Gasteiger partial charge on any atom is 0.224 e. The lowest BCUT2D eigenvalue weighted by atomic mass is 10.1. The molecule has 4 nitrogen and oxygen atoms in total. The number of hydrogen-bond donors (Lipinski definition) is 2. The van der Waals surface area contributed by atoms with Gasteiger partial charge < -0.3 is 15.8 Å². The summed E-state index contributed by atoms with van der Waals surface area (Å²) in [5.41, 5.74) is 7.26. The van der Waals surface area contributed by atoms with Crippen LogP contribution >= 0.6 is 0 Å². The van der Waals surface area contributed by atoms with E-state index in [1.807, 2.05) is 25.1 Å². The Bertz CT molecular complexity index is 391. The van der Waals surface area contributed by atoms with Gasteiger partial charge in [-0.05, 0) is 37.9 Å². The molecule has 1 rings (SSSR count). The molecule has 4 heteroatoms. The normalized spacial score (nSPS) is 10.2. The number of nitrogens with two attached hydrogens (primary N) is 1. The highest BCUT2D eigenvalue weighted by Crippen LogP contribution is 2.21. The summed E-state index contributed by atoms with van der Waals surface area (Å²) in [6, 6.07) is 5.65. The number of hydrogen-bond acceptors (Lipinski definition) is 3. The molecule has 1 aromatic carbocycles. The first-order valence-electron chi connectivity index (χ1n) is 6.32. The van der Waals surface area contributed by atoms with Crippen LogP contribution < -0.4 is 15.8 Å². The molecule has 18 heavy (non-hydrogen) atoms. The third-order valence-electron chi connectivity index (χ3n) is 2.83. The molecule has 0 aliphatic heterocycles. The molecule has 0 unspecified atom stereocenters. The van der Waals surface area contributed by atoms with Crippen molar-refractivity contribution < 1.29 is 9.53 Å². The van der Waals surface area contributed by atoms with Crippen LogP contribution in [0.3, 0.4) is 0 Å². The Labute approximate surface area is 109 Å². The van der Waals surface area contributed by atoms with Crippen molar-refractivity contribution in [3.05, 3.63) is 23.8 Å². The van der Waals surface area contributed by atoms with Crippen LogP contribution in [-0.2, 0) is 4.79 Å². The van der Waals surface area contributed by atoms with Gasteiger partial charge in [0, 0.05) is 18.2 Å². The summed E-state index contributed by atoms with van der Waals surface area (Å²) in [6.07, 6.45) is 3.40. The van der Waals surface area contributed by atoms with Gasteiger partial charge in [0.1, 0.15) is 5.75 Å². The Morgan fingerprint density at radius 3 is 2.78 bits per heavy atom. The molecule has 0 aromatic heterocycles. The summed E-state index contributed by atoms with van der Waals surface area (Å²) in [5, 5.41) is 2.91. The number of ether oxygens (including phenoxy) is 1. The molecular formula is C14H22N2O2. The van der Waals surface area contributed by atoms with Crippen LogP contribution in [0.1, 0.15) is 31.2 Å². The molecule has 0 radical (unpaired) electrons. The van der Waals surface area contributed by atoms with Crippen molar-refractivity contribution in [2.75, 3.05) is 19.0 Å². The number of rotatable bonds is 7. The zero-order valence-corrected chi connectivity index (χ0v) is 11.2. The number of benzene rings is 1. The van der Waals surface area contributed by atoms with Crippen LogP contribution in [0.2, 0.25) is 0 Å². The smallest absolute Gasteiger partial charge is 0.224 e. The van der Waals surface area contributed by atoms with E-state index in [4.69, 9.17) is 10.5 Å². The molecule has 0 aliphatic rings. The molecule has 0 saturated carbocycles. The van der Waals surface area contributed by atoms with E-state index >= 15 is 0 Å². The highest BCUT2D eigenvalue weighted by atomic mass is 16.5. The SMILES string of the molecule is COc1ccc(C)c(NC(=O)CCCCCN)c1. The molecule has 0 bridgehead atoms. The number of anilines is 1. The minimum atomic E-state index is 0.0448. The van der Waals surface area contributed by atoms with Gasteiger partial charge in [0.15, 0.2) is 0 Å². The molecule has 1 amide bonds. The van der Waals surface area contributed by atoms with Gasteiger partial charge in [-0.1, -0.05) is 12.5 Å². The van der Waals surface area contributed by atoms with Crippen LogP contribution in [0.4, 0.5) is 5.69 Å². The van der Waals surface area contributed by atoms with Crippen molar-refractivity contribution in [2.24, 2.45) is 5.73 Å². The Morgan fingerprint density at radius 2 is 2.11 bits per heavy atom. The van der Waals surface area contributed by atoms with Crippen molar-refractivity contribution in [1.29, 1.82) is 0 Å². The van der Waals surface area contributed by atoms with E-state index in [9.17, 15) is 4.79 Å². The fraction of sp³-hybridized carbons (Fsp3) is 0.500. The maximum atomic E-state index is 11.7. The van der Waals surface area contributed by atoms with Crippen molar-refractivity contribution in [1.82, 2.24) is 0 Å². The Morgan fingerprint density at radius 1 is 1.33 bits per heavy atom. The van der Waals surface area contributed by atoms with Gasteiger partial charge in [-0.15, -0.1) is 0 Å². The largest absolute Gasteiger partial charge is 0.497 e. The second kappa shape index (κ2) is 7.71. The predicted molar refractivity (Wildman–Crippen MR) is 73.9 cm³/mol. The summed E-state index contributed by atoms with van der Waals surface area (Å²) in [5.74, 6) is 0.794. The van der Waals surface area contributed by atoms with Crippen LogP contribution in [0, 0.1) is 6.92 Å². The van der Waals surface area contributed by atoms with E-state index in [1.165, 1.54) is 0 Å². The number of methoxy groups -OCH3 is 1. The number of aryl methyl sites for hydroxylation is 1. The van der Waals surface area contributed by atoms with Crippen LogP contribution in [0.25, 0.3) is 0 Å². The molecule has 100 valence electrons. The van der Waals surface area contributed by atoms with Gasteiger partial charge in [0.05, 0.1) is 7.11 Å². The molecule has 1 aromatic rings. The molecule has 0 heterocycles. The van der Waals surface area contributed by atoms with E-state index in [-0.39, 0.29) is 5.91 Å². The molecule has 0 fully saturated rings. The van der Waals surface area contributed by atoms with Crippen molar-refractivity contribution >= 4 is 11.6 Å². The molecule has 0 atom stereocenters. The molecular weight excluding hydrogens is 228 g/mol. The average molecular weight is 250 g/mol. The standard InChI is InChI=1S/C14H22N2O2/c1-11-7-8-12(18-2)10-13(11)16-14(17)6-4-3-5-9-15/h7-8,10H,3-6,9,15H2,1-2H3,(H,16,17). The van der Waals surface area contributed by atoms with E-state index in [0.29, 0.717) is 13.0 Å². The zero-order valence-electron chi connectivity index (χ0n) is 11.2. The highest BCUT2D eigenvalue weighted by Gasteiger charge is 2.05. The van der Waals surface area contributed by atoms with E-state index in [2.05, 4.69) is 5.32 Å². The van der Waals surface area contributed by atoms with Gasteiger partial charge in [-0.3, -0.25) is 4.79 Å². The monoisotopic (exact) mass is 250 g/mol. The van der Waals surface area contributed by atoms with Gasteiger partial charge >= 0.3 is 0 Å². The highest BCUT2D eigenvalue weighted by molar-refractivity contribution is 5.91. The lowest BCUT2D eigenvalue weighted by Crippen LogP contribution is -2.12. The second-order valence-electron chi connectivity index (χ2n) is 4.33. The first-order chi connectivity index (χ1) is 8.67. The molecule has 0 saturated heterocycles. The number of unbranched alkanes of at least 4 members (excludes halogenated alkanes) is 2. The third kappa shape index (κ3) is 4.75. The van der Waals surface area contributed by atoms with Gasteiger partial charge in [-0.25, -0.2) is 0 Å². The minimum Gasteiger partial charge on any atom is -0.497 e.